The van der Waals surface area contributed by atoms with Crippen molar-refractivity contribution < 1.29 is 4.21 Å². The summed E-state index contributed by atoms with van der Waals surface area (Å²) in [6.07, 6.45) is 1.40. The molecule has 0 aliphatic heterocycles. The van der Waals surface area contributed by atoms with Gasteiger partial charge in [0.1, 0.15) is 0 Å². The number of rotatable bonds is 1. The molecule has 1 atom stereocenters. The first-order valence-electron chi connectivity index (χ1n) is 3.91. The first kappa shape index (κ1) is 10.7. The van der Waals surface area contributed by atoms with Gasteiger partial charge in [0.05, 0.1) is 15.4 Å². The van der Waals surface area contributed by atoms with Crippen LogP contribution in [0.3, 0.4) is 0 Å². The van der Waals surface area contributed by atoms with Gasteiger partial charge < -0.3 is 0 Å². The second-order valence-electron chi connectivity index (χ2n) is 4.09. The van der Waals surface area contributed by atoms with E-state index < -0.39 is 9.73 Å². The fraction of sp³-hybridized carbons (Fsp3) is 0.625. The molecular weight excluding hydrogens is 204 g/mol. The summed E-state index contributed by atoms with van der Waals surface area (Å²) >= 11 is 1.31. The molecule has 0 saturated heterocycles. The highest BCUT2D eigenvalue weighted by atomic mass is 32.2. The smallest absolute Gasteiger partial charge is 0.189 e. The topological polar surface area (TPSA) is 53.8 Å². The number of hydrogen-bond donors (Lipinski definition) is 1. The van der Waals surface area contributed by atoms with E-state index in [1.807, 2.05) is 26.2 Å². The fourth-order valence-corrected chi connectivity index (χ4v) is 2.70. The Morgan fingerprint density at radius 2 is 2.08 bits per heavy atom. The Hall–Kier alpha value is -0.420. The minimum atomic E-state index is -2.63. The van der Waals surface area contributed by atoms with Gasteiger partial charge in [-0.25, -0.2) is 14.0 Å². The summed E-state index contributed by atoms with van der Waals surface area (Å²) in [5, 5.41) is 1.88. The molecule has 0 spiro atoms. The van der Waals surface area contributed by atoms with Crippen molar-refractivity contribution in [1.82, 2.24) is 4.98 Å². The fourth-order valence-electron chi connectivity index (χ4n) is 0.781. The molecule has 0 aromatic carbocycles. The molecule has 0 fully saturated rings. The summed E-state index contributed by atoms with van der Waals surface area (Å²) in [6, 6.07) is 0. The van der Waals surface area contributed by atoms with Crippen LogP contribution in [-0.2, 0) is 15.1 Å². The highest BCUT2D eigenvalue weighted by molar-refractivity contribution is 7.93. The van der Waals surface area contributed by atoms with Gasteiger partial charge in [-0.2, -0.15) is 0 Å². The van der Waals surface area contributed by atoms with Crippen molar-refractivity contribution in [3.8, 4) is 0 Å². The molecule has 0 radical (unpaired) electrons. The van der Waals surface area contributed by atoms with Gasteiger partial charge in [-0.1, -0.05) is 20.8 Å². The molecule has 0 bridgehead atoms. The second kappa shape index (κ2) is 3.06. The molecule has 1 aromatic rings. The third kappa shape index (κ3) is 2.51. The van der Waals surface area contributed by atoms with Crippen LogP contribution in [0.5, 0.6) is 0 Å². The van der Waals surface area contributed by atoms with Crippen molar-refractivity contribution in [2.45, 2.75) is 30.5 Å². The molecule has 13 heavy (non-hydrogen) atoms. The number of hydrogen-bond acceptors (Lipinski definition) is 4. The molecule has 0 aliphatic carbocycles. The van der Waals surface area contributed by atoms with Crippen molar-refractivity contribution in [2.24, 2.45) is 0 Å². The Morgan fingerprint density at radius 1 is 1.54 bits per heavy atom. The molecule has 1 rings (SSSR count). The van der Waals surface area contributed by atoms with E-state index in [4.69, 9.17) is 4.78 Å². The number of nitrogens with one attached hydrogen (secondary N) is 1. The molecule has 0 saturated carbocycles. The minimum Gasteiger partial charge on any atom is -0.247 e. The van der Waals surface area contributed by atoms with Gasteiger partial charge in [0, 0.05) is 17.1 Å². The van der Waals surface area contributed by atoms with Crippen LogP contribution in [0.25, 0.3) is 0 Å². The monoisotopic (exact) mass is 218 g/mol. The van der Waals surface area contributed by atoms with Crippen LogP contribution in [0.15, 0.2) is 9.72 Å². The van der Waals surface area contributed by atoms with Gasteiger partial charge in [-0.3, -0.25) is 0 Å². The summed E-state index contributed by atoms with van der Waals surface area (Å²) in [4.78, 5) is 4.21. The zero-order chi connectivity index (χ0) is 10.3. The van der Waals surface area contributed by atoms with Crippen molar-refractivity contribution in [1.29, 1.82) is 4.78 Å². The highest BCUT2D eigenvalue weighted by Crippen LogP contribution is 2.25. The van der Waals surface area contributed by atoms with Crippen LogP contribution in [0, 0.1) is 4.78 Å². The van der Waals surface area contributed by atoms with Crippen LogP contribution < -0.4 is 0 Å². The summed E-state index contributed by atoms with van der Waals surface area (Å²) in [6.45, 7) is 6.15. The zero-order valence-electron chi connectivity index (χ0n) is 8.25. The Morgan fingerprint density at radius 3 is 2.31 bits per heavy atom. The number of nitrogens with zero attached hydrogens (tertiary/aromatic N) is 1. The summed E-state index contributed by atoms with van der Waals surface area (Å²) < 4.78 is 19.1. The van der Waals surface area contributed by atoms with Crippen LogP contribution >= 0.6 is 11.3 Å². The lowest BCUT2D eigenvalue weighted by atomic mass is 9.93. The third-order valence-electron chi connectivity index (χ3n) is 1.58. The molecular formula is C8H14N2OS2. The maximum Gasteiger partial charge on any atom is 0.189 e. The van der Waals surface area contributed by atoms with Gasteiger partial charge in [-0.15, -0.1) is 11.3 Å². The molecule has 1 heterocycles. The van der Waals surface area contributed by atoms with E-state index in [1.165, 1.54) is 17.6 Å². The van der Waals surface area contributed by atoms with E-state index in [0.717, 1.165) is 5.69 Å². The first-order chi connectivity index (χ1) is 5.71. The lowest BCUT2D eigenvalue weighted by molar-refractivity contribution is 0.568. The van der Waals surface area contributed by atoms with E-state index in [1.54, 1.807) is 0 Å². The maximum atomic E-state index is 11.3. The van der Waals surface area contributed by atoms with Crippen molar-refractivity contribution in [3.05, 3.63) is 11.1 Å². The first-order valence-corrected chi connectivity index (χ1v) is 6.75. The normalized spacial score (nSPS) is 16.9. The third-order valence-corrected chi connectivity index (χ3v) is 4.22. The van der Waals surface area contributed by atoms with Crippen LogP contribution in [0.4, 0.5) is 0 Å². The zero-order valence-corrected chi connectivity index (χ0v) is 9.88. The van der Waals surface area contributed by atoms with E-state index in [-0.39, 0.29) is 5.41 Å². The van der Waals surface area contributed by atoms with E-state index in [0.29, 0.717) is 4.34 Å². The molecule has 3 nitrogen and oxygen atoms in total. The highest BCUT2D eigenvalue weighted by Gasteiger charge is 2.19. The predicted molar refractivity (Wildman–Crippen MR) is 55.9 cm³/mol. The van der Waals surface area contributed by atoms with Crippen LogP contribution in [0.2, 0.25) is 0 Å². The molecule has 1 unspecified atom stereocenters. The molecule has 0 aliphatic rings. The lowest BCUT2D eigenvalue weighted by Crippen LogP contribution is -2.11. The van der Waals surface area contributed by atoms with E-state index in [9.17, 15) is 4.21 Å². The summed E-state index contributed by atoms with van der Waals surface area (Å²) in [7, 11) is -2.63. The minimum absolute atomic E-state index is 0.0283. The quantitative estimate of drug-likeness (QED) is 0.787. The predicted octanol–water partition coefficient (Wildman–Crippen LogP) is 2.48. The van der Waals surface area contributed by atoms with Crippen LogP contribution in [-0.4, -0.2) is 15.4 Å². The largest absolute Gasteiger partial charge is 0.247 e. The Labute approximate surface area is 83.2 Å². The average molecular weight is 218 g/mol. The Bertz CT molecular complexity index is 398. The van der Waals surface area contributed by atoms with Crippen molar-refractivity contribution in [2.75, 3.05) is 6.26 Å². The average Bonchev–Trinajstić information content (AvgIpc) is 2.28. The van der Waals surface area contributed by atoms with Gasteiger partial charge in [0.2, 0.25) is 0 Å². The molecule has 5 heteroatoms. The van der Waals surface area contributed by atoms with Crippen molar-refractivity contribution >= 4 is 21.1 Å². The molecule has 74 valence electrons. The van der Waals surface area contributed by atoms with Crippen LogP contribution in [0.1, 0.15) is 26.5 Å². The SMILES string of the molecule is CC(C)(C)c1csc(S(C)(=N)=O)n1. The van der Waals surface area contributed by atoms with Gasteiger partial charge >= 0.3 is 0 Å². The lowest BCUT2D eigenvalue weighted by Gasteiger charge is -2.14. The Balaban J connectivity index is 3.16. The molecule has 1 aromatic heterocycles. The van der Waals surface area contributed by atoms with Gasteiger partial charge in [-0.05, 0) is 0 Å². The number of thiazole rings is 1. The van der Waals surface area contributed by atoms with Gasteiger partial charge in [0.25, 0.3) is 0 Å². The molecule has 0 amide bonds. The standard InChI is InChI=1S/C8H14N2OS2/c1-8(2,3)6-5-12-7(10-6)13(4,9)11/h5,9H,1-4H3. The maximum absolute atomic E-state index is 11.3. The summed E-state index contributed by atoms with van der Waals surface area (Å²) in [5.74, 6) is 0. The number of aromatic nitrogens is 1. The second-order valence-corrected chi connectivity index (χ2v) is 7.28. The van der Waals surface area contributed by atoms with Crippen molar-refractivity contribution in [3.63, 3.8) is 0 Å². The Kier molecular flexibility index (Phi) is 2.51. The molecule has 1 N–H and O–H groups in total. The van der Waals surface area contributed by atoms with Gasteiger partial charge in [0.15, 0.2) is 4.34 Å². The van der Waals surface area contributed by atoms with E-state index in [2.05, 4.69) is 4.98 Å². The van der Waals surface area contributed by atoms with E-state index >= 15 is 0 Å². The summed E-state index contributed by atoms with van der Waals surface area (Å²) in [5.41, 5.74) is 0.883.